The normalized spacial score (nSPS) is 25.9. The Labute approximate surface area is 139 Å². The van der Waals surface area contributed by atoms with Gasteiger partial charge in [-0.1, -0.05) is 0 Å². The summed E-state index contributed by atoms with van der Waals surface area (Å²) < 4.78 is 2.07. The molecule has 0 unspecified atom stereocenters. The average molecular weight is 319 g/mol. The van der Waals surface area contributed by atoms with E-state index in [4.69, 9.17) is 0 Å². The number of nitrogens with zero attached hydrogens (tertiary/aromatic N) is 5. The Hall–Kier alpha value is -1.40. The Morgan fingerprint density at radius 3 is 2.83 bits per heavy atom. The van der Waals surface area contributed by atoms with Crippen molar-refractivity contribution in [3.63, 3.8) is 0 Å². The van der Waals surface area contributed by atoms with E-state index in [1.54, 1.807) is 0 Å². The van der Waals surface area contributed by atoms with Crippen LogP contribution in [0.15, 0.2) is 12.4 Å². The minimum Gasteiger partial charge on any atom is -0.341 e. The summed E-state index contributed by atoms with van der Waals surface area (Å²) in [6, 6.07) is 0. The predicted octanol–water partition coefficient (Wildman–Crippen LogP) is 0.796. The van der Waals surface area contributed by atoms with Crippen LogP contribution in [0.5, 0.6) is 0 Å². The van der Waals surface area contributed by atoms with Gasteiger partial charge < -0.3 is 14.4 Å². The molecule has 6 heteroatoms. The summed E-state index contributed by atoms with van der Waals surface area (Å²) in [6.07, 6.45) is 6.99. The molecular formula is C17H29N5O. The minimum atomic E-state index is -0.143. The van der Waals surface area contributed by atoms with Crippen molar-refractivity contribution >= 4 is 5.91 Å². The van der Waals surface area contributed by atoms with Crippen molar-refractivity contribution in [2.45, 2.75) is 25.8 Å². The van der Waals surface area contributed by atoms with Crippen LogP contribution >= 0.6 is 0 Å². The van der Waals surface area contributed by atoms with E-state index in [0.29, 0.717) is 5.91 Å². The van der Waals surface area contributed by atoms with Crippen LogP contribution in [0, 0.1) is 5.41 Å². The maximum absolute atomic E-state index is 13.0. The largest absolute Gasteiger partial charge is 0.341 e. The Kier molecular flexibility index (Phi) is 4.73. The van der Waals surface area contributed by atoms with Gasteiger partial charge >= 0.3 is 0 Å². The zero-order chi connectivity index (χ0) is 16.4. The van der Waals surface area contributed by atoms with Crippen LogP contribution < -0.4 is 0 Å². The monoisotopic (exact) mass is 319 g/mol. The molecular weight excluding hydrogens is 290 g/mol. The smallest absolute Gasteiger partial charge is 0.230 e. The average Bonchev–Trinajstić information content (AvgIpc) is 3.04. The summed E-state index contributed by atoms with van der Waals surface area (Å²) in [6.45, 7) is 5.52. The van der Waals surface area contributed by atoms with Crippen LogP contribution in [-0.2, 0) is 18.4 Å². The summed E-state index contributed by atoms with van der Waals surface area (Å²) in [4.78, 5) is 24.0. The van der Waals surface area contributed by atoms with Crippen molar-refractivity contribution in [2.75, 3.05) is 46.8 Å². The van der Waals surface area contributed by atoms with Crippen LogP contribution in [0.25, 0.3) is 0 Å². The number of hydrogen-bond acceptors (Lipinski definition) is 4. The maximum Gasteiger partial charge on any atom is 0.230 e. The van der Waals surface area contributed by atoms with Gasteiger partial charge in [0, 0.05) is 45.6 Å². The first-order valence-electron chi connectivity index (χ1n) is 8.63. The molecule has 128 valence electrons. The zero-order valence-electron chi connectivity index (χ0n) is 14.7. The highest BCUT2D eigenvalue weighted by molar-refractivity contribution is 5.85. The number of carbonyl (C=O) groups is 1. The minimum absolute atomic E-state index is 0.143. The predicted molar refractivity (Wildman–Crippen MR) is 89.9 cm³/mol. The van der Waals surface area contributed by atoms with Gasteiger partial charge in [-0.25, -0.2) is 4.98 Å². The molecule has 1 amide bonds. The lowest BCUT2D eigenvalue weighted by Gasteiger charge is -2.39. The van der Waals surface area contributed by atoms with E-state index in [-0.39, 0.29) is 5.41 Å². The van der Waals surface area contributed by atoms with E-state index in [0.717, 1.165) is 64.4 Å². The van der Waals surface area contributed by atoms with Gasteiger partial charge in [0.25, 0.3) is 0 Å². The Morgan fingerprint density at radius 2 is 2.13 bits per heavy atom. The molecule has 0 radical (unpaired) electrons. The lowest BCUT2D eigenvalue weighted by molar-refractivity contribution is -0.139. The van der Waals surface area contributed by atoms with Crippen LogP contribution in [0.3, 0.4) is 0 Å². The van der Waals surface area contributed by atoms with Crippen molar-refractivity contribution in [3.05, 3.63) is 18.2 Å². The van der Waals surface area contributed by atoms with Crippen molar-refractivity contribution in [3.8, 4) is 0 Å². The molecule has 2 aliphatic heterocycles. The van der Waals surface area contributed by atoms with E-state index in [9.17, 15) is 4.79 Å². The Bertz CT molecular complexity index is 555. The number of rotatable bonds is 5. The molecule has 6 nitrogen and oxygen atoms in total. The molecule has 2 fully saturated rings. The quantitative estimate of drug-likeness (QED) is 0.805. The lowest BCUT2D eigenvalue weighted by Crippen LogP contribution is -2.48. The highest BCUT2D eigenvalue weighted by atomic mass is 16.2. The molecule has 1 atom stereocenters. The van der Waals surface area contributed by atoms with Crippen LogP contribution in [0.2, 0.25) is 0 Å². The van der Waals surface area contributed by atoms with Crippen molar-refractivity contribution in [1.82, 2.24) is 24.3 Å². The lowest BCUT2D eigenvalue weighted by atomic mass is 9.78. The maximum atomic E-state index is 13.0. The van der Waals surface area contributed by atoms with Crippen LogP contribution in [0.4, 0.5) is 0 Å². The molecule has 1 spiro atoms. The van der Waals surface area contributed by atoms with E-state index < -0.39 is 0 Å². The number of aromatic nitrogens is 2. The topological polar surface area (TPSA) is 44.6 Å². The third-order valence-electron chi connectivity index (χ3n) is 5.36. The number of carbonyl (C=O) groups excluding carboxylic acids is 1. The van der Waals surface area contributed by atoms with E-state index in [1.807, 2.05) is 19.4 Å². The Balaban J connectivity index is 1.63. The third-order valence-corrected chi connectivity index (χ3v) is 5.36. The number of likely N-dealkylation sites (N-methyl/N-ethyl adjacent to an activating group) is 1. The van der Waals surface area contributed by atoms with Gasteiger partial charge in [-0.3, -0.25) is 9.69 Å². The third kappa shape index (κ3) is 3.43. The second-order valence-corrected chi connectivity index (χ2v) is 7.39. The van der Waals surface area contributed by atoms with Gasteiger partial charge in [0.15, 0.2) is 0 Å². The number of likely N-dealkylation sites (tertiary alicyclic amines) is 2. The van der Waals surface area contributed by atoms with Gasteiger partial charge in [-0.2, -0.15) is 0 Å². The first-order chi connectivity index (χ1) is 11.0. The molecule has 3 heterocycles. The van der Waals surface area contributed by atoms with Gasteiger partial charge in [-0.15, -0.1) is 0 Å². The van der Waals surface area contributed by atoms with Crippen molar-refractivity contribution in [1.29, 1.82) is 0 Å². The van der Waals surface area contributed by atoms with Gasteiger partial charge in [0.1, 0.15) is 5.82 Å². The first kappa shape index (κ1) is 16.5. The summed E-state index contributed by atoms with van der Waals surface area (Å²) in [7, 11) is 6.16. The van der Waals surface area contributed by atoms with E-state index in [1.165, 1.54) is 0 Å². The van der Waals surface area contributed by atoms with E-state index in [2.05, 4.69) is 38.3 Å². The highest BCUT2D eigenvalue weighted by Crippen LogP contribution is 2.40. The second kappa shape index (κ2) is 6.61. The highest BCUT2D eigenvalue weighted by Gasteiger charge is 2.48. The first-order valence-corrected chi connectivity index (χ1v) is 8.63. The molecule has 2 saturated heterocycles. The molecule has 1 aromatic heterocycles. The molecule has 23 heavy (non-hydrogen) atoms. The Morgan fingerprint density at radius 1 is 1.30 bits per heavy atom. The van der Waals surface area contributed by atoms with Gasteiger partial charge in [-0.05, 0) is 39.9 Å². The number of hydrogen-bond donors (Lipinski definition) is 0. The summed E-state index contributed by atoms with van der Waals surface area (Å²) in [5.74, 6) is 1.46. The number of amides is 1. The molecule has 0 aliphatic carbocycles. The fourth-order valence-electron chi connectivity index (χ4n) is 3.92. The summed E-state index contributed by atoms with van der Waals surface area (Å²) >= 11 is 0. The summed E-state index contributed by atoms with van der Waals surface area (Å²) in [5.41, 5.74) is -0.143. The molecule has 2 aliphatic rings. The second-order valence-electron chi connectivity index (χ2n) is 7.39. The van der Waals surface area contributed by atoms with Crippen molar-refractivity contribution in [2.24, 2.45) is 12.5 Å². The molecule has 3 rings (SSSR count). The van der Waals surface area contributed by atoms with Crippen LogP contribution in [0.1, 0.15) is 25.1 Å². The number of aryl methyl sites for hydroxylation is 1. The molecule has 1 aromatic rings. The van der Waals surface area contributed by atoms with E-state index >= 15 is 0 Å². The molecule has 0 bridgehead atoms. The van der Waals surface area contributed by atoms with Gasteiger partial charge in [0.2, 0.25) is 5.91 Å². The molecule has 0 aromatic carbocycles. The van der Waals surface area contributed by atoms with Crippen molar-refractivity contribution < 1.29 is 4.79 Å². The van der Waals surface area contributed by atoms with Gasteiger partial charge in [0.05, 0.1) is 12.0 Å². The fraction of sp³-hybridized carbons (Fsp3) is 0.765. The fourth-order valence-corrected chi connectivity index (χ4v) is 3.92. The van der Waals surface area contributed by atoms with Crippen LogP contribution in [-0.4, -0.2) is 77.0 Å². The number of piperidine rings is 1. The summed E-state index contributed by atoms with van der Waals surface area (Å²) in [5, 5.41) is 0. The molecule has 0 N–H and O–H groups in total. The molecule has 0 saturated carbocycles. The zero-order valence-corrected chi connectivity index (χ0v) is 14.7. The standard InChI is InChI=1S/C17H29N5O/c1-19(2)11-12-22-9-6-17(16(22)23)5-4-8-21(14-17)13-15-18-7-10-20(15)3/h7,10H,4-6,8-9,11-14H2,1-3H3/t17-/m0/s1. The SMILES string of the molecule is CN(C)CCN1CC[C@]2(CCCN(Cc3nccn3C)C2)C1=O. The number of imidazole rings is 1.